The lowest BCUT2D eigenvalue weighted by molar-refractivity contribution is -0.144. The van der Waals surface area contributed by atoms with E-state index < -0.39 is 12.0 Å². The molecule has 1 fully saturated rings. The van der Waals surface area contributed by atoms with Crippen molar-refractivity contribution >= 4 is 11.9 Å². The van der Waals surface area contributed by atoms with E-state index in [0.29, 0.717) is 0 Å². The Morgan fingerprint density at radius 1 is 1.28 bits per heavy atom. The molecular weight excluding hydrogens is 234 g/mol. The highest BCUT2D eigenvalue weighted by molar-refractivity contribution is 5.84. The van der Waals surface area contributed by atoms with Crippen LogP contribution in [-0.4, -0.2) is 35.7 Å². The van der Waals surface area contributed by atoms with Crippen LogP contribution in [0, 0.1) is 5.92 Å². The number of carboxylic acid groups (broad SMARTS) is 1. The predicted octanol–water partition coefficient (Wildman–Crippen LogP) is 1.56. The third-order valence-electron chi connectivity index (χ3n) is 3.25. The first kappa shape index (κ1) is 15.0. The van der Waals surface area contributed by atoms with E-state index in [-0.39, 0.29) is 24.5 Å². The molecule has 18 heavy (non-hydrogen) atoms. The first-order chi connectivity index (χ1) is 8.50. The highest BCUT2D eigenvalue weighted by atomic mass is 16.5. The Labute approximate surface area is 108 Å². The first-order valence-electron chi connectivity index (χ1n) is 6.64. The number of aliphatic carboxylic acids is 1. The zero-order valence-electron chi connectivity index (χ0n) is 11.1. The number of amides is 1. The summed E-state index contributed by atoms with van der Waals surface area (Å²) in [5.41, 5.74) is 0. The molecule has 104 valence electrons. The monoisotopic (exact) mass is 257 g/mol. The van der Waals surface area contributed by atoms with E-state index in [1.165, 1.54) is 0 Å². The number of ether oxygens (including phenoxy) is 1. The Morgan fingerprint density at radius 2 is 1.89 bits per heavy atom. The standard InChI is InChI=1S/C13H23NO4/c1-9(2)18-8-11(15)14-12(13(16)17)10-6-4-3-5-7-10/h9-10,12H,3-8H2,1-2H3,(H,14,15)(H,16,17). The van der Waals surface area contributed by atoms with Gasteiger partial charge in [-0.15, -0.1) is 0 Å². The number of rotatable bonds is 6. The minimum absolute atomic E-state index is 0.0336. The Kier molecular flexibility index (Phi) is 6.12. The van der Waals surface area contributed by atoms with Gasteiger partial charge in [-0.1, -0.05) is 19.3 Å². The van der Waals surface area contributed by atoms with Gasteiger partial charge >= 0.3 is 5.97 Å². The van der Waals surface area contributed by atoms with Crippen molar-refractivity contribution < 1.29 is 19.4 Å². The number of carboxylic acids is 1. The number of nitrogens with one attached hydrogen (secondary N) is 1. The third-order valence-corrected chi connectivity index (χ3v) is 3.25. The fraction of sp³-hybridized carbons (Fsp3) is 0.846. The molecule has 1 aliphatic carbocycles. The quantitative estimate of drug-likeness (QED) is 0.757. The molecular formula is C13H23NO4. The maximum absolute atomic E-state index is 11.6. The maximum atomic E-state index is 11.6. The molecule has 1 unspecified atom stereocenters. The van der Waals surface area contributed by atoms with E-state index >= 15 is 0 Å². The van der Waals surface area contributed by atoms with Crippen molar-refractivity contribution in [2.45, 2.75) is 58.1 Å². The van der Waals surface area contributed by atoms with Crippen LogP contribution in [0.4, 0.5) is 0 Å². The van der Waals surface area contributed by atoms with Gasteiger partial charge in [0.15, 0.2) is 0 Å². The number of hydrogen-bond donors (Lipinski definition) is 2. The van der Waals surface area contributed by atoms with Gasteiger partial charge in [0.25, 0.3) is 0 Å². The Hall–Kier alpha value is -1.10. The van der Waals surface area contributed by atoms with Gasteiger partial charge in [-0.3, -0.25) is 4.79 Å². The van der Waals surface area contributed by atoms with E-state index in [9.17, 15) is 14.7 Å². The summed E-state index contributed by atoms with van der Waals surface area (Å²) < 4.78 is 5.17. The molecule has 1 amide bonds. The summed E-state index contributed by atoms with van der Waals surface area (Å²) in [4.78, 5) is 22.8. The third kappa shape index (κ3) is 5.04. The van der Waals surface area contributed by atoms with Crippen LogP contribution in [0.1, 0.15) is 46.0 Å². The smallest absolute Gasteiger partial charge is 0.326 e. The second-order valence-electron chi connectivity index (χ2n) is 5.14. The first-order valence-corrected chi connectivity index (χ1v) is 6.64. The van der Waals surface area contributed by atoms with Crippen LogP contribution in [0.25, 0.3) is 0 Å². The summed E-state index contributed by atoms with van der Waals surface area (Å²) in [5.74, 6) is -1.24. The molecule has 1 atom stereocenters. The fourth-order valence-electron chi connectivity index (χ4n) is 2.31. The molecule has 0 aromatic heterocycles. The molecule has 0 aliphatic heterocycles. The van der Waals surface area contributed by atoms with E-state index in [1.807, 2.05) is 13.8 Å². The highest BCUT2D eigenvalue weighted by Gasteiger charge is 2.30. The van der Waals surface area contributed by atoms with E-state index in [2.05, 4.69) is 5.32 Å². The molecule has 0 spiro atoms. The van der Waals surface area contributed by atoms with Crippen LogP contribution < -0.4 is 5.32 Å². The summed E-state index contributed by atoms with van der Waals surface area (Å²) in [5, 5.41) is 11.8. The maximum Gasteiger partial charge on any atom is 0.326 e. The number of carbonyl (C=O) groups excluding carboxylic acids is 1. The van der Waals surface area contributed by atoms with Gasteiger partial charge in [0.05, 0.1) is 6.10 Å². The number of hydrogen-bond acceptors (Lipinski definition) is 3. The van der Waals surface area contributed by atoms with Crippen LogP contribution >= 0.6 is 0 Å². The van der Waals surface area contributed by atoms with Gasteiger partial charge in [0.1, 0.15) is 12.6 Å². The lowest BCUT2D eigenvalue weighted by atomic mass is 9.84. The highest BCUT2D eigenvalue weighted by Crippen LogP contribution is 2.26. The minimum atomic E-state index is -0.945. The van der Waals surface area contributed by atoms with Crippen molar-refractivity contribution in [2.24, 2.45) is 5.92 Å². The van der Waals surface area contributed by atoms with Crippen LogP contribution in [0.15, 0.2) is 0 Å². The molecule has 1 aliphatic rings. The molecule has 2 N–H and O–H groups in total. The molecule has 1 saturated carbocycles. The predicted molar refractivity (Wildman–Crippen MR) is 67.2 cm³/mol. The van der Waals surface area contributed by atoms with E-state index in [0.717, 1.165) is 32.1 Å². The van der Waals surface area contributed by atoms with Gasteiger partial charge in [0, 0.05) is 0 Å². The van der Waals surface area contributed by atoms with Gasteiger partial charge in [0.2, 0.25) is 5.91 Å². The SMILES string of the molecule is CC(C)OCC(=O)NC(C(=O)O)C1CCCCC1. The van der Waals surface area contributed by atoms with Crippen LogP contribution in [0.3, 0.4) is 0 Å². The van der Waals surface area contributed by atoms with Gasteiger partial charge in [-0.05, 0) is 32.6 Å². The van der Waals surface area contributed by atoms with Crippen LogP contribution in [0.2, 0.25) is 0 Å². The number of carbonyl (C=O) groups is 2. The average Bonchev–Trinajstić information content (AvgIpc) is 2.34. The van der Waals surface area contributed by atoms with Crippen molar-refractivity contribution in [2.75, 3.05) is 6.61 Å². The van der Waals surface area contributed by atoms with Crippen LogP contribution in [0.5, 0.6) is 0 Å². The summed E-state index contributed by atoms with van der Waals surface area (Å²) in [7, 11) is 0. The summed E-state index contributed by atoms with van der Waals surface area (Å²) >= 11 is 0. The largest absolute Gasteiger partial charge is 0.480 e. The lowest BCUT2D eigenvalue weighted by Crippen LogP contribution is -2.47. The molecule has 5 heteroatoms. The van der Waals surface area contributed by atoms with Gasteiger partial charge in [-0.2, -0.15) is 0 Å². The van der Waals surface area contributed by atoms with Gasteiger partial charge in [-0.25, -0.2) is 4.79 Å². The molecule has 1 rings (SSSR count). The van der Waals surface area contributed by atoms with E-state index in [1.54, 1.807) is 0 Å². The van der Waals surface area contributed by atoms with Crippen molar-refractivity contribution in [1.29, 1.82) is 0 Å². The Morgan fingerprint density at radius 3 is 2.39 bits per heavy atom. The van der Waals surface area contributed by atoms with Crippen molar-refractivity contribution in [3.05, 3.63) is 0 Å². The second kappa shape index (κ2) is 7.36. The Bertz CT molecular complexity index is 285. The summed E-state index contributed by atoms with van der Waals surface area (Å²) in [6.45, 7) is 3.60. The molecule has 0 saturated heterocycles. The van der Waals surface area contributed by atoms with Crippen molar-refractivity contribution in [3.63, 3.8) is 0 Å². The molecule has 0 heterocycles. The fourth-order valence-corrected chi connectivity index (χ4v) is 2.31. The van der Waals surface area contributed by atoms with Crippen LogP contribution in [-0.2, 0) is 14.3 Å². The zero-order chi connectivity index (χ0) is 13.5. The summed E-state index contributed by atoms with van der Waals surface area (Å²) in [6.07, 6.45) is 4.98. The van der Waals surface area contributed by atoms with Crippen molar-refractivity contribution in [1.82, 2.24) is 5.32 Å². The molecule has 5 nitrogen and oxygen atoms in total. The average molecular weight is 257 g/mol. The molecule has 0 radical (unpaired) electrons. The van der Waals surface area contributed by atoms with Gasteiger partial charge < -0.3 is 15.2 Å². The lowest BCUT2D eigenvalue weighted by Gasteiger charge is -2.28. The van der Waals surface area contributed by atoms with Crippen molar-refractivity contribution in [3.8, 4) is 0 Å². The molecule has 0 aromatic carbocycles. The summed E-state index contributed by atoms with van der Waals surface area (Å²) in [6, 6.07) is -0.770. The minimum Gasteiger partial charge on any atom is -0.480 e. The molecule has 0 aromatic rings. The Balaban J connectivity index is 2.46. The normalized spacial score (nSPS) is 18.6. The second-order valence-corrected chi connectivity index (χ2v) is 5.14. The zero-order valence-corrected chi connectivity index (χ0v) is 11.1. The van der Waals surface area contributed by atoms with E-state index in [4.69, 9.17) is 4.74 Å². The molecule has 0 bridgehead atoms. The topological polar surface area (TPSA) is 75.6 Å².